The number of oxime groups is 1. The van der Waals surface area contributed by atoms with Crippen LogP contribution in [-0.4, -0.2) is 30.6 Å². The van der Waals surface area contributed by atoms with Gasteiger partial charge in [0, 0.05) is 33.3 Å². The second-order valence-corrected chi connectivity index (χ2v) is 8.44. The third-order valence-electron chi connectivity index (χ3n) is 5.01. The van der Waals surface area contributed by atoms with E-state index in [-0.39, 0.29) is 33.6 Å². The van der Waals surface area contributed by atoms with Crippen LogP contribution >= 0.6 is 23.2 Å². The topological polar surface area (TPSA) is 62.7 Å². The number of rotatable bonds is 6. The van der Waals surface area contributed by atoms with E-state index in [2.05, 4.69) is 15.8 Å². The number of carbonyl (C=O) groups excluding carboxylic acids is 1. The molecule has 3 rings (SSSR count). The van der Waals surface area contributed by atoms with E-state index in [9.17, 15) is 31.1 Å². The molecular formula is C21H17Cl2F6N3O2. The Morgan fingerprint density at radius 3 is 2.32 bits per heavy atom. The highest BCUT2D eigenvalue weighted by atomic mass is 35.5. The molecule has 2 N–H and O–H groups in total. The summed E-state index contributed by atoms with van der Waals surface area (Å²) >= 11 is 11.8. The Balaban J connectivity index is 1.80. The molecule has 0 radical (unpaired) electrons. The van der Waals surface area contributed by atoms with Gasteiger partial charge in [-0.05, 0) is 36.8 Å². The molecule has 1 amide bonds. The van der Waals surface area contributed by atoms with Crippen molar-refractivity contribution < 1.29 is 36.0 Å². The van der Waals surface area contributed by atoms with Crippen LogP contribution in [0.1, 0.15) is 29.5 Å². The summed E-state index contributed by atoms with van der Waals surface area (Å²) in [4.78, 5) is 16.3. The van der Waals surface area contributed by atoms with E-state index in [1.807, 2.05) is 0 Å². The van der Waals surface area contributed by atoms with Gasteiger partial charge >= 0.3 is 12.4 Å². The first-order chi connectivity index (χ1) is 15.7. The van der Waals surface area contributed by atoms with E-state index in [1.54, 1.807) is 13.0 Å². The Labute approximate surface area is 200 Å². The number of nitrogens with zero attached hydrogens (tertiary/aromatic N) is 1. The van der Waals surface area contributed by atoms with E-state index < -0.39 is 36.7 Å². The quantitative estimate of drug-likeness (QED) is 0.341. The fourth-order valence-corrected chi connectivity index (χ4v) is 3.85. The van der Waals surface area contributed by atoms with E-state index in [0.29, 0.717) is 11.3 Å². The summed E-state index contributed by atoms with van der Waals surface area (Å²) in [6.45, 7) is 1.35. The largest absolute Gasteiger partial charge is 0.435 e. The molecule has 0 saturated heterocycles. The number of hydrogen-bond donors (Lipinski definition) is 2. The fourth-order valence-electron chi connectivity index (χ4n) is 3.32. The second kappa shape index (κ2) is 9.53. The molecule has 184 valence electrons. The highest BCUT2D eigenvalue weighted by Crippen LogP contribution is 2.49. The second-order valence-electron chi connectivity index (χ2n) is 7.56. The van der Waals surface area contributed by atoms with Crippen LogP contribution < -0.4 is 10.6 Å². The predicted octanol–water partition coefficient (Wildman–Crippen LogP) is 6.32. The predicted molar refractivity (Wildman–Crippen MR) is 115 cm³/mol. The maximum absolute atomic E-state index is 14.1. The van der Waals surface area contributed by atoms with E-state index in [1.165, 1.54) is 18.2 Å². The molecule has 0 saturated carbocycles. The molecule has 1 atom stereocenters. The molecule has 0 aliphatic carbocycles. The molecule has 1 aliphatic rings. The van der Waals surface area contributed by atoms with Crippen molar-refractivity contribution in [1.29, 1.82) is 0 Å². The summed E-state index contributed by atoms with van der Waals surface area (Å²) in [7, 11) is 0. The van der Waals surface area contributed by atoms with Crippen molar-refractivity contribution in [1.82, 2.24) is 5.32 Å². The summed E-state index contributed by atoms with van der Waals surface area (Å²) in [5, 5.41) is 8.47. The number of hydrogen-bond acceptors (Lipinski definition) is 4. The van der Waals surface area contributed by atoms with Gasteiger partial charge in [-0.3, -0.25) is 4.79 Å². The molecular weight excluding hydrogens is 511 g/mol. The van der Waals surface area contributed by atoms with Crippen LogP contribution in [0.4, 0.5) is 32.0 Å². The average molecular weight is 528 g/mol. The van der Waals surface area contributed by atoms with Crippen molar-refractivity contribution >= 4 is 40.5 Å². The first kappa shape index (κ1) is 26.0. The molecule has 34 heavy (non-hydrogen) atoms. The van der Waals surface area contributed by atoms with Crippen molar-refractivity contribution in [2.45, 2.75) is 37.7 Å². The highest BCUT2D eigenvalue weighted by Gasteiger charge is 2.62. The maximum atomic E-state index is 14.1. The smallest absolute Gasteiger partial charge is 0.374 e. The molecule has 0 bridgehead atoms. The number of alkyl halides is 6. The van der Waals surface area contributed by atoms with Crippen LogP contribution in [0.25, 0.3) is 0 Å². The SMILES string of the molecule is Cc1ccc(C2=NOC(c3cc(Cl)cc(Cl)c3)(C(F)(F)F)C2)cc1NCNC(=O)CC(F)(F)F. The summed E-state index contributed by atoms with van der Waals surface area (Å²) < 4.78 is 79.2. The van der Waals surface area contributed by atoms with Gasteiger partial charge in [-0.1, -0.05) is 40.5 Å². The zero-order valence-electron chi connectivity index (χ0n) is 17.4. The maximum Gasteiger partial charge on any atom is 0.435 e. The lowest BCUT2D eigenvalue weighted by Crippen LogP contribution is -2.42. The van der Waals surface area contributed by atoms with E-state index in [4.69, 9.17) is 28.0 Å². The number of halogens is 8. The van der Waals surface area contributed by atoms with Crippen molar-refractivity contribution in [3.05, 3.63) is 63.1 Å². The Hall–Kier alpha value is -2.66. The van der Waals surface area contributed by atoms with E-state index >= 15 is 0 Å². The lowest BCUT2D eigenvalue weighted by atomic mass is 9.86. The minimum Gasteiger partial charge on any atom is -0.374 e. The van der Waals surface area contributed by atoms with Crippen LogP contribution in [0.2, 0.25) is 10.0 Å². The summed E-state index contributed by atoms with van der Waals surface area (Å²) in [6, 6.07) is 8.07. The number of nitrogens with one attached hydrogen (secondary N) is 2. The molecule has 1 aliphatic heterocycles. The minimum absolute atomic E-state index is 0.00225. The van der Waals surface area contributed by atoms with Crippen LogP contribution in [0.3, 0.4) is 0 Å². The highest BCUT2D eigenvalue weighted by molar-refractivity contribution is 6.34. The van der Waals surface area contributed by atoms with Crippen LogP contribution in [0.15, 0.2) is 41.6 Å². The average Bonchev–Trinajstić information content (AvgIpc) is 3.14. The van der Waals surface area contributed by atoms with Gasteiger partial charge in [0.2, 0.25) is 5.91 Å². The monoisotopic (exact) mass is 527 g/mol. The number of benzene rings is 2. The third-order valence-corrected chi connectivity index (χ3v) is 5.45. The Bertz CT molecular complexity index is 1100. The Morgan fingerprint density at radius 2 is 1.74 bits per heavy atom. The number of aryl methyl sites for hydroxylation is 1. The molecule has 1 unspecified atom stereocenters. The van der Waals surface area contributed by atoms with Gasteiger partial charge in [-0.15, -0.1) is 0 Å². The molecule has 2 aromatic carbocycles. The fraction of sp³-hybridized carbons (Fsp3) is 0.333. The summed E-state index contributed by atoms with van der Waals surface area (Å²) in [5.74, 6) is -1.22. The number of carbonyl (C=O) groups is 1. The normalized spacial score (nSPS) is 18.3. The lowest BCUT2D eigenvalue weighted by molar-refractivity contribution is -0.275. The molecule has 0 fully saturated rings. The van der Waals surface area contributed by atoms with Gasteiger partial charge in [-0.2, -0.15) is 26.3 Å². The Morgan fingerprint density at radius 1 is 1.09 bits per heavy atom. The third kappa shape index (κ3) is 5.87. The Kier molecular flexibility index (Phi) is 7.28. The van der Waals surface area contributed by atoms with Crippen LogP contribution in [-0.2, 0) is 15.2 Å². The minimum atomic E-state index is -4.86. The summed E-state index contributed by atoms with van der Waals surface area (Å²) in [6.07, 6.45) is -11.8. The summed E-state index contributed by atoms with van der Waals surface area (Å²) in [5.41, 5.74) is -1.83. The van der Waals surface area contributed by atoms with Gasteiger partial charge in [0.1, 0.15) is 6.42 Å². The van der Waals surface area contributed by atoms with Crippen LogP contribution in [0, 0.1) is 6.92 Å². The first-order valence-electron chi connectivity index (χ1n) is 9.67. The molecule has 0 aromatic heterocycles. The van der Waals surface area contributed by atoms with Gasteiger partial charge in [0.05, 0.1) is 12.4 Å². The van der Waals surface area contributed by atoms with Crippen molar-refractivity contribution in [2.24, 2.45) is 5.16 Å². The molecule has 1 heterocycles. The first-order valence-corrected chi connectivity index (χ1v) is 10.4. The standard InChI is InChI=1S/C21H17Cl2F6N3O2/c1-11-2-3-12(4-16(11)30-10-31-18(33)9-20(24,25)26)17-8-19(34-32-17,21(27,28)29)13-5-14(22)7-15(23)6-13/h2-7,30H,8-10H2,1H3,(H,31,33). The zero-order valence-corrected chi connectivity index (χ0v) is 18.9. The van der Waals surface area contributed by atoms with Gasteiger partial charge in [-0.25, -0.2) is 0 Å². The van der Waals surface area contributed by atoms with Gasteiger partial charge in [0.15, 0.2) is 0 Å². The van der Waals surface area contributed by atoms with E-state index in [0.717, 1.165) is 12.1 Å². The van der Waals surface area contributed by atoms with Crippen LogP contribution in [0.5, 0.6) is 0 Å². The number of amides is 1. The molecule has 13 heteroatoms. The van der Waals surface area contributed by atoms with Crippen molar-refractivity contribution in [2.75, 3.05) is 12.0 Å². The number of anilines is 1. The van der Waals surface area contributed by atoms with Gasteiger partial charge < -0.3 is 15.5 Å². The zero-order chi connectivity index (χ0) is 25.3. The van der Waals surface area contributed by atoms with Gasteiger partial charge in [0.25, 0.3) is 5.60 Å². The van der Waals surface area contributed by atoms with Crippen molar-refractivity contribution in [3.8, 4) is 0 Å². The van der Waals surface area contributed by atoms with Crippen molar-refractivity contribution in [3.63, 3.8) is 0 Å². The molecule has 2 aromatic rings. The molecule has 5 nitrogen and oxygen atoms in total. The molecule has 0 spiro atoms. The lowest BCUT2D eigenvalue weighted by Gasteiger charge is -2.29.